The van der Waals surface area contributed by atoms with Crippen LogP contribution in [0.15, 0.2) is 30.6 Å². The molecule has 0 spiro atoms. The van der Waals surface area contributed by atoms with Gasteiger partial charge in [-0.05, 0) is 57.4 Å². The topological polar surface area (TPSA) is 46.9 Å². The monoisotopic (exact) mass is 375 g/mol. The Labute approximate surface area is 155 Å². The highest BCUT2D eigenvalue weighted by molar-refractivity contribution is 5.97. The third-order valence-corrected chi connectivity index (χ3v) is 4.42. The number of nitrogens with zero attached hydrogens (tertiary/aromatic N) is 2. The van der Waals surface area contributed by atoms with Crippen LogP contribution in [0.4, 0.5) is 18.9 Å². The molecule has 1 heterocycles. The van der Waals surface area contributed by atoms with Crippen LogP contribution in [0, 0.1) is 24.7 Å². The van der Waals surface area contributed by atoms with Crippen LogP contribution >= 0.6 is 0 Å². The molecule has 1 amide bonds. The lowest BCUT2D eigenvalue weighted by Crippen LogP contribution is -2.40. The van der Waals surface area contributed by atoms with Crippen LogP contribution in [0.5, 0.6) is 0 Å². The van der Waals surface area contributed by atoms with E-state index in [4.69, 9.17) is 0 Å². The van der Waals surface area contributed by atoms with Gasteiger partial charge < -0.3 is 5.32 Å². The van der Waals surface area contributed by atoms with Crippen LogP contribution in [-0.4, -0.2) is 15.7 Å². The predicted molar refractivity (Wildman–Crippen MR) is 96.0 cm³/mol. The predicted octanol–water partition coefficient (Wildman–Crippen LogP) is 4.35. The third-order valence-electron chi connectivity index (χ3n) is 4.42. The van der Waals surface area contributed by atoms with Gasteiger partial charge >= 0.3 is 6.18 Å². The molecule has 27 heavy (non-hydrogen) atoms. The Morgan fingerprint density at radius 3 is 2.56 bits per heavy atom. The van der Waals surface area contributed by atoms with E-state index in [1.807, 2.05) is 6.92 Å². The van der Waals surface area contributed by atoms with Gasteiger partial charge in [-0.1, -0.05) is 11.8 Å². The highest BCUT2D eigenvalue weighted by Gasteiger charge is 2.33. The number of carbonyl (C=O) groups excluding carboxylic acids is 1. The summed E-state index contributed by atoms with van der Waals surface area (Å²) in [6.07, 6.45) is 0.822. The molecule has 1 N–H and O–H groups in total. The van der Waals surface area contributed by atoms with Crippen molar-refractivity contribution in [3.63, 3.8) is 0 Å². The van der Waals surface area contributed by atoms with Crippen molar-refractivity contribution in [2.45, 2.75) is 45.3 Å². The zero-order valence-corrected chi connectivity index (χ0v) is 15.3. The summed E-state index contributed by atoms with van der Waals surface area (Å²) in [5.41, 5.74) is -0.474. The Morgan fingerprint density at radius 2 is 2.00 bits per heavy atom. The van der Waals surface area contributed by atoms with Gasteiger partial charge in [-0.2, -0.15) is 18.3 Å². The highest BCUT2D eigenvalue weighted by atomic mass is 19.4. The van der Waals surface area contributed by atoms with Crippen LogP contribution in [-0.2, 0) is 16.5 Å². The van der Waals surface area contributed by atoms with Crippen molar-refractivity contribution in [3.05, 3.63) is 47.3 Å². The number of anilines is 1. The Balaban J connectivity index is 1.91. The van der Waals surface area contributed by atoms with Crippen molar-refractivity contribution in [3.8, 4) is 11.8 Å². The number of nitrogens with one attached hydrogen (secondary N) is 1. The van der Waals surface area contributed by atoms with Crippen molar-refractivity contribution in [1.29, 1.82) is 0 Å². The molecule has 2 aromatic rings. The summed E-state index contributed by atoms with van der Waals surface area (Å²) >= 11 is 0. The lowest BCUT2D eigenvalue weighted by Gasteiger charge is -2.24. The molecule has 1 aliphatic carbocycles. The second-order valence-corrected chi connectivity index (χ2v) is 7.28. The first-order chi connectivity index (χ1) is 12.6. The summed E-state index contributed by atoms with van der Waals surface area (Å²) in [5.74, 6) is 5.59. The minimum atomic E-state index is -4.47. The second kappa shape index (κ2) is 6.76. The quantitative estimate of drug-likeness (QED) is 0.811. The first-order valence-electron chi connectivity index (χ1n) is 8.63. The van der Waals surface area contributed by atoms with Crippen molar-refractivity contribution in [1.82, 2.24) is 9.78 Å². The lowest BCUT2D eigenvalue weighted by molar-refractivity contribution is -0.137. The molecule has 0 aliphatic heterocycles. The molecular formula is C20H20F3N3O. The van der Waals surface area contributed by atoms with E-state index in [1.165, 1.54) is 10.7 Å². The first-order valence-corrected chi connectivity index (χ1v) is 8.63. The molecule has 1 aromatic heterocycles. The lowest BCUT2D eigenvalue weighted by atomic mass is 10.0. The van der Waals surface area contributed by atoms with Gasteiger partial charge in [-0.15, -0.1) is 0 Å². The Morgan fingerprint density at radius 1 is 1.30 bits per heavy atom. The molecule has 1 aromatic carbocycles. The third kappa shape index (κ3) is 4.33. The van der Waals surface area contributed by atoms with E-state index in [1.54, 1.807) is 26.2 Å². The van der Waals surface area contributed by atoms with Crippen molar-refractivity contribution >= 4 is 11.6 Å². The summed E-state index contributed by atoms with van der Waals surface area (Å²) in [4.78, 5) is 12.8. The Hall–Kier alpha value is -2.75. The molecule has 1 aliphatic rings. The van der Waals surface area contributed by atoms with Crippen LogP contribution < -0.4 is 5.32 Å². The number of hydrogen-bond acceptors (Lipinski definition) is 2. The number of aryl methyl sites for hydroxylation is 1. The van der Waals surface area contributed by atoms with Gasteiger partial charge in [0, 0.05) is 17.7 Å². The maximum Gasteiger partial charge on any atom is 0.416 e. The summed E-state index contributed by atoms with van der Waals surface area (Å²) in [6, 6.07) is 3.18. The second-order valence-electron chi connectivity index (χ2n) is 7.28. The zero-order valence-electron chi connectivity index (χ0n) is 15.3. The van der Waals surface area contributed by atoms with Crippen molar-refractivity contribution in [2.75, 3.05) is 5.32 Å². The zero-order chi connectivity index (χ0) is 19.8. The normalized spacial score (nSPS) is 14.4. The van der Waals surface area contributed by atoms with Crippen LogP contribution in [0.3, 0.4) is 0 Å². The minimum absolute atomic E-state index is 0.164. The molecule has 0 saturated heterocycles. The minimum Gasteiger partial charge on any atom is -0.323 e. The van der Waals surface area contributed by atoms with Gasteiger partial charge in [0.1, 0.15) is 5.54 Å². The first kappa shape index (κ1) is 19.0. The fourth-order valence-corrected chi connectivity index (χ4v) is 2.44. The molecule has 0 unspecified atom stereocenters. The van der Waals surface area contributed by atoms with E-state index >= 15 is 0 Å². The summed E-state index contributed by atoms with van der Waals surface area (Å²) in [5, 5.41) is 6.88. The molecule has 1 fully saturated rings. The fourth-order valence-electron chi connectivity index (χ4n) is 2.44. The highest BCUT2D eigenvalue weighted by Crippen LogP contribution is 2.33. The average molecular weight is 375 g/mol. The van der Waals surface area contributed by atoms with Crippen molar-refractivity contribution < 1.29 is 18.0 Å². The summed E-state index contributed by atoms with van der Waals surface area (Å²) in [6.45, 7) is 5.24. The van der Waals surface area contributed by atoms with Gasteiger partial charge in [0.05, 0.1) is 17.4 Å². The number of hydrogen-bond donors (Lipinski definition) is 1. The van der Waals surface area contributed by atoms with Crippen LogP contribution in [0.1, 0.15) is 43.4 Å². The molecule has 142 valence electrons. The van der Waals surface area contributed by atoms with E-state index in [0.717, 1.165) is 30.5 Å². The van der Waals surface area contributed by atoms with Gasteiger partial charge in [-0.25, -0.2) is 0 Å². The Kier molecular flexibility index (Phi) is 4.77. The average Bonchev–Trinajstić information content (AvgIpc) is 3.31. The molecule has 4 nitrogen and oxygen atoms in total. The van der Waals surface area contributed by atoms with E-state index in [-0.39, 0.29) is 23.1 Å². The molecule has 7 heteroatoms. The largest absolute Gasteiger partial charge is 0.416 e. The SMILES string of the molecule is Cc1cnn(C(C)(C)C(=O)Nc2ccc(C(F)(F)F)cc2C#CC2CC2)c1. The standard InChI is InChI=1S/C20H20F3N3O/c1-13-11-24-26(12-13)19(2,3)18(27)25-17-9-8-16(20(21,22)23)10-15(17)7-6-14-4-5-14/h8-12,14H,4-5H2,1-3H3,(H,25,27). The number of amides is 1. The van der Waals surface area contributed by atoms with E-state index in [9.17, 15) is 18.0 Å². The maximum absolute atomic E-state index is 13.0. The number of benzene rings is 1. The number of carbonyl (C=O) groups is 1. The molecule has 0 radical (unpaired) electrons. The number of halogens is 3. The van der Waals surface area contributed by atoms with Crippen LogP contribution in [0.25, 0.3) is 0 Å². The van der Waals surface area contributed by atoms with Gasteiger partial charge in [-0.3, -0.25) is 9.48 Å². The number of rotatable bonds is 3. The van der Waals surface area contributed by atoms with E-state index in [2.05, 4.69) is 22.3 Å². The summed E-state index contributed by atoms with van der Waals surface area (Å²) < 4.78 is 40.6. The van der Waals surface area contributed by atoms with Crippen molar-refractivity contribution in [2.24, 2.45) is 5.92 Å². The molecular weight excluding hydrogens is 355 g/mol. The van der Waals surface area contributed by atoms with Gasteiger partial charge in [0.15, 0.2) is 0 Å². The Bertz CT molecular complexity index is 928. The molecule has 3 rings (SSSR count). The van der Waals surface area contributed by atoms with E-state index in [0.29, 0.717) is 0 Å². The number of alkyl halides is 3. The maximum atomic E-state index is 13.0. The summed E-state index contributed by atoms with van der Waals surface area (Å²) in [7, 11) is 0. The van der Waals surface area contributed by atoms with E-state index < -0.39 is 17.3 Å². The molecule has 0 atom stereocenters. The van der Waals surface area contributed by atoms with Gasteiger partial charge in [0.2, 0.25) is 0 Å². The molecule has 0 bridgehead atoms. The fraction of sp³-hybridized carbons (Fsp3) is 0.400. The molecule has 1 saturated carbocycles. The van der Waals surface area contributed by atoms with Gasteiger partial charge in [0.25, 0.3) is 5.91 Å². The smallest absolute Gasteiger partial charge is 0.323 e. The number of aromatic nitrogens is 2. The van der Waals surface area contributed by atoms with Crippen LogP contribution in [0.2, 0.25) is 0 Å².